The molecule has 0 saturated carbocycles. The Labute approximate surface area is 66.2 Å². The fraction of sp³-hybridized carbons (Fsp3) is 0.625. The maximum Gasteiger partial charge on any atom is 0.257 e. The molecule has 3 heteroatoms. The van der Waals surface area contributed by atoms with Crippen LogP contribution in [0.1, 0.15) is 20.8 Å². The van der Waals surface area contributed by atoms with Gasteiger partial charge in [0.25, 0.3) is 5.91 Å². The molecule has 0 unspecified atom stereocenters. The van der Waals surface area contributed by atoms with Crippen LogP contribution in [0.15, 0.2) is 0 Å². The maximum atomic E-state index is 12.7. The summed E-state index contributed by atoms with van der Waals surface area (Å²) in [5.74, 6) is 4.57. The molecule has 0 atom stereocenters. The lowest BCUT2D eigenvalue weighted by molar-refractivity contribution is -0.130. The van der Waals surface area contributed by atoms with Crippen molar-refractivity contribution in [1.82, 2.24) is 5.32 Å². The second-order valence-electron chi connectivity index (χ2n) is 2.58. The number of alkyl halides is 1. The first-order chi connectivity index (χ1) is 4.98. The normalized spacial score (nSPS) is 9.82. The minimum atomic E-state index is -1.81. The molecule has 0 aliphatic rings. The van der Waals surface area contributed by atoms with Crippen LogP contribution < -0.4 is 5.32 Å². The van der Waals surface area contributed by atoms with Crippen molar-refractivity contribution in [3.8, 4) is 11.8 Å². The largest absolute Gasteiger partial charge is 0.342 e. The number of halogens is 1. The van der Waals surface area contributed by atoms with Gasteiger partial charge in [-0.25, -0.2) is 4.39 Å². The van der Waals surface area contributed by atoms with Crippen molar-refractivity contribution in [2.45, 2.75) is 26.4 Å². The molecule has 0 aliphatic carbocycles. The van der Waals surface area contributed by atoms with Crippen LogP contribution in [0.25, 0.3) is 0 Å². The average Bonchev–Trinajstić information content (AvgIpc) is 1.86. The molecule has 0 fully saturated rings. The second-order valence-corrected chi connectivity index (χ2v) is 2.58. The lowest BCUT2D eigenvalue weighted by Gasteiger charge is -2.11. The zero-order valence-corrected chi connectivity index (χ0v) is 6.99. The molecular formula is C8H12FNO. The monoisotopic (exact) mass is 157 g/mol. The summed E-state index contributed by atoms with van der Waals surface area (Å²) in [5, 5.41) is 2.34. The Balaban J connectivity index is 3.77. The number of amides is 1. The van der Waals surface area contributed by atoms with E-state index in [2.05, 4.69) is 17.2 Å². The van der Waals surface area contributed by atoms with Gasteiger partial charge in [-0.05, 0) is 20.8 Å². The van der Waals surface area contributed by atoms with Crippen molar-refractivity contribution in [2.24, 2.45) is 0 Å². The third-order valence-electron chi connectivity index (χ3n) is 1.05. The zero-order valence-electron chi connectivity index (χ0n) is 6.99. The molecule has 0 aromatic rings. The molecule has 0 rings (SSSR count). The molecule has 0 radical (unpaired) electrons. The highest BCUT2D eigenvalue weighted by molar-refractivity contribution is 5.84. The second kappa shape index (κ2) is 3.97. The van der Waals surface area contributed by atoms with E-state index in [0.717, 1.165) is 0 Å². The molecule has 0 aliphatic heterocycles. The summed E-state index contributed by atoms with van der Waals surface area (Å²) >= 11 is 0. The fourth-order valence-electron chi connectivity index (χ4n) is 0.423. The Morgan fingerprint density at radius 1 is 1.64 bits per heavy atom. The molecule has 2 nitrogen and oxygen atoms in total. The smallest absolute Gasteiger partial charge is 0.257 e. The van der Waals surface area contributed by atoms with Crippen molar-refractivity contribution in [2.75, 3.05) is 6.54 Å². The van der Waals surface area contributed by atoms with Gasteiger partial charge in [0.2, 0.25) is 0 Å². The van der Waals surface area contributed by atoms with Gasteiger partial charge >= 0.3 is 0 Å². The number of carbonyl (C=O) groups excluding carboxylic acids is 1. The highest BCUT2D eigenvalue weighted by Gasteiger charge is 2.25. The summed E-state index contributed by atoms with van der Waals surface area (Å²) in [4.78, 5) is 10.8. The van der Waals surface area contributed by atoms with E-state index in [-0.39, 0.29) is 6.54 Å². The van der Waals surface area contributed by atoms with E-state index in [0.29, 0.717) is 0 Å². The molecule has 1 N–H and O–H groups in total. The van der Waals surface area contributed by atoms with Gasteiger partial charge in [-0.3, -0.25) is 4.79 Å². The standard InChI is InChI=1S/C8H12FNO/c1-4-5-6-10-7(11)8(2,3)9/h6H2,1-3H3,(H,10,11). The van der Waals surface area contributed by atoms with Crippen molar-refractivity contribution in [3.05, 3.63) is 0 Å². The van der Waals surface area contributed by atoms with Crippen LogP contribution in [0.4, 0.5) is 4.39 Å². The van der Waals surface area contributed by atoms with Gasteiger partial charge in [0, 0.05) is 0 Å². The van der Waals surface area contributed by atoms with Crippen LogP contribution in [0.3, 0.4) is 0 Å². The summed E-state index contributed by atoms with van der Waals surface area (Å²) in [6.07, 6.45) is 0. The minimum absolute atomic E-state index is 0.211. The number of rotatable bonds is 2. The van der Waals surface area contributed by atoms with Crippen LogP contribution in [0.2, 0.25) is 0 Å². The quantitative estimate of drug-likeness (QED) is 0.592. The molecular weight excluding hydrogens is 145 g/mol. The molecule has 0 aromatic carbocycles. The average molecular weight is 157 g/mol. The summed E-state index contributed by atoms with van der Waals surface area (Å²) in [5.41, 5.74) is -1.81. The van der Waals surface area contributed by atoms with Gasteiger partial charge in [0.1, 0.15) is 0 Å². The predicted octanol–water partition coefficient (Wildman–Crippen LogP) is 0.874. The van der Waals surface area contributed by atoms with Crippen LogP contribution in [0.5, 0.6) is 0 Å². The topological polar surface area (TPSA) is 29.1 Å². The van der Waals surface area contributed by atoms with Crippen LogP contribution in [-0.4, -0.2) is 18.1 Å². The highest BCUT2D eigenvalue weighted by Crippen LogP contribution is 2.06. The van der Waals surface area contributed by atoms with E-state index in [9.17, 15) is 9.18 Å². The van der Waals surface area contributed by atoms with Crippen molar-refractivity contribution < 1.29 is 9.18 Å². The lowest BCUT2D eigenvalue weighted by atomic mass is 10.1. The molecule has 0 bridgehead atoms. The van der Waals surface area contributed by atoms with E-state index in [1.807, 2.05) is 0 Å². The molecule has 0 heterocycles. The van der Waals surface area contributed by atoms with Gasteiger partial charge in [-0.15, -0.1) is 5.92 Å². The van der Waals surface area contributed by atoms with E-state index < -0.39 is 11.6 Å². The summed E-state index contributed by atoms with van der Waals surface area (Å²) in [6, 6.07) is 0. The third kappa shape index (κ3) is 4.38. The SMILES string of the molecule is CC#CCNC(=O)C(C)(C)F. The van der Waals surface area contributed by atoms with E-state index >= 15 is 0 Å². The van der Waals surface area contributed by atoms with Crippen molar-refractivity contribution in [1.29, 1.82) is 0 Å². The third-order valence-corrected chi connectivity index (χ3v) is 1.05. The molecule has 0 aromatic heterocycles. The van der Waals surface area contributed by atoms with Gasteiger partial charge in [-0.1, -0.05) is 5.92 Å². The molecule has 62 valence electrons. The molecule has 1 amide bonds. The fourth-order valence-corrected chi connectivity index (χ4v) is 0.423. The van der Waals surface area contributed by atoms with E-state index in [1.54, 1.807) is 6.92 Å². The first-order valence-corrected chi connectivity index (χ1v) is 3.35. The Bertz CT molecular complexity index is 194. The number of carbonyl (C=O) groups is 1. The van der Waals surface area contributed by atoms with E-state index in [1.165, 1.54) is 13.8 Å². The van der Waals surface area contributed by atoms with E-state index in [4.69, 9.17) is 0 Å². The molecule has 0 saturated heterocycles. The Morgan fingerprint density at radius 2 is 2.18 bits per heavy atom. The Kier molecular flexibility index (Phi) is 3.59. The van der Waals surface area contributed by atoms with Crippen LogP contribution in [0, 0.1) is 11.8 Å². The number of hydrogen-bond acceptors (Lipinski definition) is 1. The van der Waals surface area contributed by atoms with Crippen LogP contribution >= 0.6 is 0 Å². The Hall–Kier alpha value is -1.04. The molecule has 0 spiro atoms. The first kappa shape index (κ1) is 9.96. The van der Waals surface area contributed by atoms with Crippen LogP contribution in [-0.2, 0) is 4.79 Å². The number of hydrogen-bond donors (Lipinski definition) is 1. The van der Waals surface area contributed by atoms with Gasteiger partial charge in [0.15, 0.2) is 5.67 Å². The first-order valence-electron chi connectivity index (χ1n) is 3.35. The summed E-state index contributed by atoms with van der Waals surface area (Å²) < 4.78 is 12.7. The van der Waals surface area contributed by atoms with Crippen molar-refractivity contribution in [3.63, 3.8) is 0 Å². The highest BCUT2D eigenvalue weighted by atomic mass is 19.1. The molecule has 11 heavy (non-hydrogen) atoms. The van der Waals surface area contributed by atoms with Gasteiger partial charge in [0.05, 0.1) is 6.54 Å². The van der Waals surface area contributed by atoms with Gasteiger partial charge < -0.3 is 5.32 Å². The summed E-state index contributed by atoms with van der Waals surface area (Å²) in [6.45, 7) is 4.29. The van der Waals surface area contributed by atoms with Gasteiger partial charge in [-0.2, -0.15) is 0 Å². The predicted molar refractivity (Wildman–Crippen MR) is 41.6 cm³/mol. The maximum absolute atomic E-state index is 12.7. The zero-order chi connectivity index (χ0) is 8.91. The minimum Gasteiger partial charge on any atom is -0.342 e. The number of nitrogens with one attached hydrogen (secondary N) is 1. The Morgan fingerprint density at radius 3 is 2.55 bits per heavy atom. The lowest BCUT2D eigenvalue weighted by Crippen LogP contribution is -2.38. The van der Waals surface area contributed by atoms with Crippen molar-refractivity contribution >= 4 is 5.91 Å². The summed E-state index contributed by atoms with van der Waals surface area (Å²) in [7, 11) is 0.